The lowest BCUT2D eigenvalue weighted by molar-refractivity contribution is -0.395. The van der Waals surface area contributed by atoms with Crippen molar-refractivity contribution in [2.45, 2.75) is 241 Å². The summed E-state index contributed by atoms with van der Waals surface area (Å²) < 4.78 is 111. The lowest BCUT2D eigenvalue weighted by atomic mass is 10.0. The van der Waals surface area contributed by atoms with E-state index in [1.54, 1.807) is 0 Å². The van der Waals surface area contributed by atoms with Gasteiger partial charge in [0.15, 0.2) is 0 Å². The maximum Gasteiger partial charge on any atom is 0.222 e. The minimum Gasteiger partial charge on any atom is -0.394 e. The van der Waals surface area contributed by atoms with Gasteiger partial charge in [-0.1, -0.05) is 0 Å². The summed E-state index contributed by atoms with van der Waals surface area (Å²) >= 11 is 0. The third kappa shape index (κ3) is 16.1. The van der Waals surface area contributed by atoms with Crippen molar-refractivity contribution in [3.8, 4) is 0 Å². The summed E-state index contributed by atoms with van der Waals surface area (Å²) in [5.41, 5.74) is 0. The van der Waals surface area contributed by atoms with Crippen molar-refractivity contribution in [2.75, 3.05) is 132 Å². The Bertz CT molecular complexity index is 2970. The minimum atomic E-state index is -3.20. The molecule has 10 saturated heterocycles. The van der Waals surface area contributed by atoms with E-state index in [-0.39, 0.29) is 0 Å². The van der Waals surface area contributed by atoms with Crippen molar-refractivity contribution in [1.82, 2.24) is 0 Å². The molecule has 0 amide bonds. The molecule has 40 atom stereocenters. The fourth-order valence-corrected chi connectivity index (χ4v) is 14.7. The summed E-state index contributed by atoms with van der Waals surface area (Å²) in [5.74, 6) is -30.4. The van der Waals surface area contributed by atoms with Crippen molar-refractivity contribution in [2.24, 2.45) is 0 Å². The van der Waals surface area contributed by atoms with Gasteiger partial charge in [0.1, 0.15) is 249 Å². The molecule has 10 aliphatic heterocycles. The Morgan fingerprint density at radius 3 is 0.441 bits per heavy atom. The number of hydrogen-bond donors (Lipinski definition) is 32. The van der Waals surface area contributed by atoms with E-state index >= 15 is 0 Å². The summed E-state index contributed by atoms with van der Waals surface area (Å²) in [7, 11) is 0. The average Bonchev–Trinajstić information content (AvgIpc) is 1.60. The maximum absolute atomic E-state index is 12.0. The molecule has 1 unspecified atom stereocenters. The Balaban J connectivity index is 0.952. The highest BCUT2D eigenvalue weighted by Gasteiger charge is 2.70. The molecule has 32 N–H and O–H groups in total. The van der Waals surface area contributed by atoms with Crippen molar-refractivity contribution in [3.63, 3.8) is 0 Å². The molecule has 10 fully saturated rings. The molecule has 51 heteroatoms. The zero-order valence-electron chi connectivity index (χ0n) is 58.5. The van der Waals surface area contributed by atoms with Crippen LogP contribution in [0.3, 0.4) is 0 Å². The van der Waals surface area contributed by atoms with Crippen molar-refractivity contribution in [1.29, 1.82) is 0 Å². The Kier molecular flexibility index (Phi) is 29.1. The topological polar surface area (TPSA) is 823 Å². The monoisotopic (exact) mass is 1640 g/mol. The predicted molar refractivity (Wildman–Crippen MR) is 330 cm³/mol. The molecule has 51 nitrogen and oxygen atoms in total. The van der Waals surface area contributed by atoms with Crippen LogP contribution in [0.25, 0.3) is 0 Å². The van der Waals surface area contributed by atoms with Crippen LogP contribution in [0.2, 0.25) is 0 Å². The van der Waals surface area contributed by atoms with Crippen LogP contribution in [0.5, 0.6) is 0 Å². The molecule has 0 bridgehead atoms. The lowest BCUT2D eigenvalue weighted by Gasteiger charge is -2.43. The molecule has 10 rings (SSSR count). The molecule has 10 heterocycles. The first-order valence-corrected chi connectivity index (χ1v) is 34.9. The highest BCUT2D eigenvalue weighted by atomic mass is 16.9. The van der Waals surface area contributed by atoms with Gasteiger partial charge in [-0.3, -0.25) is 0 Å². The summed E-state index contributed by atoms with van der Waals surface area (Å²) in [4.78, 5) is 0. The second kappa shape index (κ2) is 35.3. The lowest BCUT2D eigenvalue weighted by Crippen LogP contribution is -2.61. The maximum atomic E-state index is 12.0. The molecule has 0 radical (unpaired) electrons. The molecule has 0 spiro atoms. The van der Waals surface area contributed by atoms with Gasteiger partial charge < -0.3 is 253 Å². The van der Waals surface area contributed by atoms with Gasteiger partial charge in [0.2, 0.25) is 57.9 Å². The molecule has 648 valence electrons. The molecular formula is C60H102O51. The van der Waals surface area contributed by atoms with Crippen molar-refractivity contribution >= 4 is 0 Å². The first-order valence-electron chi connectivity index (χ1n) is 34.9. The second-order valence-corrected chi connectivity index (χ2v) is 28.7. The summed E-state index contributed by atoms with van der Waals surface area (Å²) in [5, 5.41) is 352. The van der Waals surface area contributed by atoms with Gasteiger partial charge in [-0.15, -0.1) is 0 Å². The molecule has 0 aromatic rings. The van der Waals surface area contributed by atoms with Gasteiger partial charge in [0, 0.05) is 0 Å². The van der Waals surface area contributed by atoms with Gasteiger partial charge in [-0.25, -0.2) is 0 Å². The van der Waals surface area contributed by atoms with Gasteiger partial charge in [0.05, 0.1) is 66.1 Å². The molecule has 0 aromatic carbocycles. The van der Waals surface area contributed by atoms with Crippen LogP contribution in [0.4, 0.5) is 0 Å². The molecule has 0 aliphatic carbocycles. The average molecular weight is 1640 g/mol. The number of rotatable bonds is 38. The van der Waals surface area contributed by atoms with Crippen LogP contribution in [-0.4, -0.2) is 537 Å². The fourth-order valence-electron chi connectivity index (χ4n) is 14.7. The molecule has 0 aromatic heterocycles. The number of ether oxygens (including phenoxy) is 19. The summed E-state index contributed by atoms with van der Waals surface area (Å²) in [6.45, 7) is -26.1. The van der Waals surface area contributed by atoms with Gasteiger partial charge >= 0.3 is 0 Å². The zero-order chi connectivity index (χ0) is 81.9. The highest BCUT2D eigenvalue weighted by molar-refractivity contribution is 5.09. The van der Waals surface area contributed by atoms with Gasteiger partial charge in [-0.05, 0) is 0 Å². The van der Waals surface area contributed by atoms with Crippen LogP contribution in [0.15, 0.2) is 0 Å². The van der Waals surface area contributed by atoms with E-state index in [4.69, 9.17) is 90.0 Å². The Hall–Kier alpha value is -2.04. The largest absolute Gasteiger partial charge is 0.394 e. The first-order chi connectivity index (χ1) is 52.3. The molecule has 10 aliphatic rings. The van der Waals surface area contributed by atoms with Gasteiger partial charge in [-0.2, -0.15) is 0 Å². The van der Waals surface area contributed by atoms with E-state index < -0.39 is 373 Å². The van der Waals surface area contributed by atoms with E-state index in [2.05, 4.69) is 0 Å². The summed E-state index contributed by atoms with van der Waals surface area (Å²) in [6, 6.07) is 0. The van der Waals surface area contributed by atoms with Crippen molar-refractivity contribution in [3.05, 3.63) is 0 Å². The van der Waals surface area contributed by atoms with E-state index in [1.165, 1.54) is 0 Å². The molecular weight excluding hydrogens is 1540 g/mol. The Labute approximate surface area is 625 Å². The van der Waals surface area contributed by atoms with E-state index in [1.807, 2.05) is 0 Å². The predicted octanol–water partition coefficient (Wildman–Crippen LogP) is -22.8. The molecule has 0 saturated carbocycles. The van der Waals surface area contributed by atoms with E-state index in [9.17, 15) is 163 Å². The van der Waals surface area contributed by atoms with Crippen molar-refractivity contribution < 1.29 is 253 Å². The molecule has 111 heavy (non-hydrogen) atoms. The highest BCUT2D eigenvalue weighted by Crippen LogP contribution is 2.48. The second-order valence-electron chi connectivity index (χ2n) is 28.7. The first kappa shape index (κ1) is 91.3. The quantitative estimate of drug-likeness (QED) is 0.0273. The van der Waals surface area contributed by atoms with Crippen LogP contribution < -0.4 is 0 Å². The SMILES string of the molecule is OC[C@@H]1OC(CO[C@@]2(CO[C@@]3(CO[C@@]4(CO[C@@]5(CO[C@@]6(CO)O[C@@H](CO)[C@H](O)[C@@H]6O)O[C@@H](CO)[C@H](O)[C@@H]5O)O[C@@H](CO)[C@H](O)[C@@H]4O)O[C@@H](CO)[C@H](O)[C@@H]3O)O[C@@H](CO)[C@H](O)[C@@H]2O)(OC[C@]2(OC[C@]3(OC[C@]4(OC[C@]5(O)O[C@@H](CO)[C@H](O)[C@@H]5O)O[C@@H](CO)[C@H](O)[C@@H]4O)O[C@@H](CO)[C@H](O)[C@@H]3O)O[C@@H](CO)[C@H](O)[C@@H]2O)[C@@H](O)[C@H]1O. The van der Waals surface area contributed by atoms with Crippen LogP contribution in [0.1, 0.15) is 0 Å². The fraction of sp³-hybridized carbons (Fsp3) is 1.00. The van der Waals surface area contributed by atoms with E-state index in [0.717, 1.165) is 0 Å². The summed E-state index contributed by atoms with van der Waals surface area (Å²) in [6.07, 6.45) is -64.9. The minimum absolute atomic E-state index is 0.963. The Morgan fingerprint density at radius 1 is 0.171 bits per heavy atom. The third-order valence-corrected chi connectivity index (χ3v) is 21.8. The van der Waals surface area contributed by atoms with Gasteiger partial charge in [0.25, 0.3) is 0 Å². The third-order valence-electron chi connectivity index (χ3n) is 21.8. The normalized spacial score (nSPS) is 52.6. The number of hydrogen-bond acceptors (Lipinski definition) is 51. The zero-order valence-corrected chi connectivity index (χ0v) is 58.5. The van der Waals surface area contributed by atoms with Crippen LogP contribution >= 0.6 is 0 Å². The number of aliphatic hydroxyl groups is 32. The van der Waals surface area contributed by atoms with E-state index in [0.29, 0.717) is 0 Å². The Morgan fingerprint density at radius 2 is 0.297 bits per heavy atom. The smallest absolute Gasteiger partial charge is 0.222 e. The number of aliphatic hydroxyl groups excluding tert-OH is 31. The van der Waals surface area contributed by atoms with Crippen LogP contribution in [0, 0.1) is 0 Å². The standard InChI is InChI=1S/C60H102O51/c61-1-21-31(72)41(82)51(92,102-21)12-93-53(43(84)33(74)23(3-63)104-53)14-95-55(45(86)35(76)25(5-65)106-55)16-97-57(47(88)37(78)27(7-67)108-57)18-99-59(49(90)39(80)29(9-69)110-59)20-101-60(50(91)40(81)30(10-70)111-60)19-100-58(48(89)38(79)28(8-68)109-58)17-98-56(46(87)36(77)26(6-66)107-56)15-96-54(44(85)34(75)24(4-64)105-54)13-94-52(11-71)42(83)32(73)22(2-62)103-52/h21-50,61-92H,1-20H2/t21-,22-,23-,24-,25-,26-,27-,28-,29-,30-,31-,32-,33-,34-,35-,36-,37-,38-,39-,40-,41-,42-,43-,44-,45-,46-,47-,48-,49-,50-,51-,52-,53-,54-,55-,56-,57-,58-,59?,60-/m0/s1. The van der Waals surface area contributed by atoms with Crippen LogP contribution in [-0.2, 0) is 90.0 Å².